The summed E-state index contributed by atoms with van der Waals surface area (Å²) in [5.41, 5.74) is 6.23. The molecule has 4 heteroatoms. The van der Waals surface area contributed by atoms with Crippen LogP contribution in [-0.2, 0) is 0 Å². The summed E-state index contributed by atoms with van der Waals surface area (Å²) in [7, 11) is 0. The van der Waals surface area contributed by atoms with Crippen LogP contribution in [0.15, 0.2) is 18.3 Å². The Bertz CT molecular complexity index is 285. The van der Waals surface area contributed by atoms with Gasteiger partial charge in [-0.2, -0.15) is 0 Å². The van der Waals surface area contributed by atoms with E-state index in [9.17, 15) is 4.79 Å². The van der Waals surface area contributed by atoms with Gasteiger partial charge < -0.3 is 11.1 Å². The van der Waals surface area contributed by atoms with E-state index in [1.54, 1.807) is 18.3 Å². The SMILES string of the molecule is CCNC(=O)c1ncccc1N. The van der Waals surface area contributed by atoms with Gasteiger partial charge in [0.2, 0.25) is 0 Å². The summed E-state index contributed by atoms with van der Waals surface area (Å²) >= 11 is 0. The highest BCUT2D eigenvalue weighted by atomic mass is 16.1. The zero-order chi connectivity index (χ0) is 8.97. The monoisotopic (exact) mass is 165 g/mol. The van der Waals surface area contributed by atoms with Crippen LogP contribution >= 0.6 is 0 Å². The zero-order valence-electron chi connectivity index (χ0n) is 6.87. The van der Waals surface area contributed by atoms with E-state index in [2.05, 4.69) is 10.3 Å². The first-order valence-electron chi connectivity index (χ1n) is 3.74. The topological polar surface area (TPSA) is 68.0 Å². The minimum atomic E-state index is -0.226. The molecule has 0 aliphatic carbocycles. The standard InChI is InChI=1S/C8H11N3O/c1-2-10-8(12)7-6(9)4-3-5-11-7/h3-5H,2,9H2,1H3,(H,10,12). The summed E-state index contributed by atoms with van der Waals surface area (Å²) < 4.78 is 0. The van der Waals surface area contributed by atoms with Gasteiger partial charge in [-0.05, 0) is 19.1 Å². The van der Waals surface area contributed by atoms with E-state index < -0.39 is 0 Å². The third-order valence-electron chi connectivity index (χ3n) is 1.39. The number of pyridine rings is 1. The molecule has 0 unspecified atom stereocenters. The quantitative estimate of drug-likeness (QED) is 0.667. The molecule has 0 aromatic carbocycles. The fraction of sp³-hybridized carbons (Fsp3) is 0.250. The van der Waals surface area contributed by atoms with Crippen LogP contribution in [0.1, 0.15) is 17.4 Å². The van der Waals surface area contributed by atoms with Gasteiger partial charge in [0.15, 0.2) is 5.69 Å². The molecule has 3 N–H and O–H groups in total. The zero-order valence-corrected chi connectivity index (χ0v) is 6.87. The van der Waals surface area contributed by atoms with Crippen molar-refractivity contribution >= 4 is 11.6 Å². The lowest BCUT2D eigenvalue weighted by Crippen LogP contribution is -2.24. The molecule has 0 aliphatic rings. The Morgan fingerprint density at radius 2 is 2.50 bits per heavy atom. The van der Waals surface area contributed by atoms with E-state index >= 15 is 0 Å². The Morgan fingerprint density at radius 3 is 3.08 bits per heavy atom. The number of hydrogen-bond donors (Lipinski definition) is 2. The van der Waals surface area contributed by atoms with Gasteiger partial charge in [-0.15, -0.1) is 0 Å². The minimum absolute atomic E-state index is 0.226. The number of rotatable bonds is 2. The molecule has 0 bridgehead atoms. The molecule has 0 fully saturated rings. The number of nitrogen functional groups attached to an aromatic ring is 1. The molecule has 12 heavy (non-hydrogen) atoms. The van der Waals surface area contributed by atoms with Gasteiger partial charge in [-0.25, -0.2) is 4.98 Å². The predicted octanol–water partition coefficient (Wildman–Crippen LogP) is 0.414. The highest BCUT2D eigenvalue weighted by molar-refractivity contribution is 5.96. The average Bonchev–Trinajstić information content (AvgIpc) is 2.05. The lowest BCUT2D eigenvalue weighted by atomic mass is 10.3. The summed E-state index contributed by atoms with van der Waals surface area (Å²) in [6.45, 7) is 2.42. The lowest BCUT2D eigenvalue weighted by Gasteiger charge is -2.02. The number of nitrogens with one attached hydrogen (secondary N) is 1. The maximum atomic E-state index is 11.2. The van der Waals surface area contributed by atoms with Crippen LogP contribution < -0.4 is 11.1 Å². The Morgan fingerprint density at radius 1 is 1.75 bits per heavy atom. The van der Waals surface area contributed by atoms with Crippen molar-refractivity contribution in [2.45, 2.75) is 6.92 Å². The van der Waals surface area contributed by atoms with Crippen molar-refractivity contribution in [2.75, 3.05) is 12.3 Å². The summed E-state index contributed by atoms with van der Waals surface area (Å²) in [6.07, 6.45) is 1.54. The molecule has 0 saturated heterocycles. The number of nitrogens with two attached hydrogens (primary N) is 1. The van der Waals surface area contributed by atoms with Gasteiger partial charge in [0.25, 0.3) is 5.91 Å². The van der Waals surface area contributed by atoms with Crippen LogP contribution in [0.25, 0.3) is 0 Å². The third-order valence-corrected chi connectivity index (χ3v) is 1.39. The number of aromatic nitrogens is 1. The van der Waals surface area contributed by atoms with Crippen molar-refractivity contribution in [3.05, 3.63) is 24.0 Å². The maximum Gasteiger partial charge on any atom is 0.272 e. The van der Waals surface area contributed by atoms with Crippen molar-refractivity contribution in [1.29, 1.82) is 0 Å². The maximum absolute atomic E-state index is 11.2. The van der Waals surface area contributed by atoms with Crippen molar-refractivity contribution in [1.82, 2.24) is 10.3 Å². The summed E-state index contributed by atoms with van der Waals surface area (Å²) in [4.78, 5) is 15.1. The lowest BCUT2D eigenvalue weighted by molar-refractivity contribution is 0.0952. The molecule has 0 spiro atoms. The summed E-state index contributed by atoms with van der Waals surface area (Å²) in [6, 6.07) is 3.34. The second kappa shape index (κ2) is 3.71. The van der Waals surface area contributed by atoms with E-state index in [0.29, 0.717) is 17.9 Å². The molecule has 1 rings (SSSR count). The van der Waals surface area contributed by atoms with Gasteiger partial charge in [-0.3, -0.25) is 4.79 Å². The van der Waals surface area contributed by atoms with Crippen LogP contribution in [0.5, 0.6) is 0 Å². The fourth-order valence-electron chi connectivity index (χ4n) is 0.852. The molecule has 1 aromatic heterocycles. The van der Waals surface area contributed by atoms with E-state index in [-0.39, 0.29) is 5.91 Å². The molecule has 0 radical (unpaired) electrons. The van der Waals surface area contributed by atoms with E-state index in [1.165, 1.54) is 0 Å². The van der Waals surface area contributed by atoms with Gasteiger partial charge in [-0.1, -0.05) is 0 Å². The number of anilines is 1. The van der Waals surface area contributed by atoms with Gasteiger partial charge in [0.05, 0.1) is 5.69 Å². The minimum Gasteiger partial charge on any atom is -0.397 e. The predicted molar refractivity (Wildman–Crippen MR) is 46.7 cm³/mol. The van der Waals surface area contributed by atoms with Gasteiger partial charge in [0, 0.05) is 12.7 Å². The normalized spacial score (nSPS) is 9.42. The summed E-state index contributed by atoms with van der Waals surface area (Å²) in [5.74, 6) is -0.226. The molecule has 1 heterocycles. The van der Waals surface area contributed by atoms with E-state index in [4.69, 9.17) is 5.73 Å². The number of amides is 1. The number of carbonyl (C=O) groups excluding carboxylic acids is 1. The molecule has 0 saturated carbocycles. The first kappa shape index (κ1) is 8.52. The van der Waals surface area contributed by atoms with E-state index in [0.717, 1.165) is 0 Å². The number of nitrogens with zero attached hydrogens (tertiary/aromatic N) is 1. The van der Waals surface area contributed by atoms with Crippen LogP contribution in [0.3, 0.4) is 0 Å². The second-order valence-corrected chi connectivity index (χ2v) is 2.30. The van der Waals surface area contributed by atoms with Crippen LogP contribution in [0.2, 0.25) is 0 Å². The van der Waals surface area contributed by atoms with Crippen molar-refractivity contribution in [3.8, 4) is 0 Å². The first-order valence-corrected chi connectivity index (χ1v) is 3.74. The molecule has 0 atom stereocenters. The Balaban J connectivity index is 2.87. The Labute approximate surface area is 70.8 Å². The van der Waals surface area contributed by atoms with Crippen LogP contribution in [-0.4, -0.2) is 17.4 Å². The van der Waals surface area contributed by atoms with Gasteiger partial charge >= 0.3 is 0 Å². The second-order valence-electron chi connectivity index (χ2n) is 2.30. The average molecular weight is 165 g/mol. The highest BCUT2D eigenvalue weighted by Gasteiger charge is 2.07. The Kier molecular flexibility index (Phi) is 2.63. The van der Waals surface area contributed by atoms with Crippen molar-refractivity contribution in [2.24, 2.45) is 0 Å². The number of hydrogen-bond acceptors (Lipinski definition) is 3. The van der Waals surface area contributed by atoms with Crippen molar-refractivity contribution in [3.63, 3.8) is 0 Å². The molecule has 1 aromatic rings. The molecule has 0 aliphatic heterocycles. The van der Waals surface area contributed by atoms with Gasteiger partial charge in [0.1, 0.15) is 0 Å². The molecule has 4 nitrogen and oxygen atoms in total. The molecular formula is C8H11N3O. The van der Waals surface area contributed by atoms with Crippen molar-refractivity contribution < 1.29 is 4.79 Å². The third kappa shape index (κ3) is 1.72. The smallest absolute Gasteiger partial charge is 0.272 e. The molecule has 64 valence electrons. The molecular weight excluding hydrogens is 154 g/mol. The van der Waals surface area contributed by atoms with Crippen LogP contribution in [0.4, 0.5) is 5.69 Å². The fourth-order valence-corrected chi connectivity index (χ4v) is 0.852. The largest absolute Gasteiger partial charge is 0.397 e. The number of carbonyl (C=O) groups is 1. The Hall–Kier alpha value is -1.58. The highest BCUT2D eigenvalue weighted by Crippen LogP contribution is 2.05. The van der Waals surface area contributed by atoms with Crippen LogP contribution in [0, 0.1) is 0 Å². The summed E-state index contributed by atoms with van der Waals surface area (Å²) in [5, 5.41) is 2.62. The molecule has 1 amide bonds. The first-order chi connectivity index (χ1) is 5.75. The van der Waals surface area contributed by atoms with E-state index in [1.807, 2.05) is 6.92 Å².